The van der Waals surface area contributed by atoms with Gasteiger partial charge in [-0.05, 0) is 36.1 Å². The molecule has 0 unspecified atom stereocenters. The van der Waals surface area contributed by atoms with Gasteiger partial charge >= 0.3 is 0 Å². The Kier molecular flexibility index (Phi) is 5.40. The van der Waals surface area contributed by atoms with Crippen molar-refractivity contribution in [3.63, 3.8) is 0 Å². The lowest BCUT2D eigenvalue weighted by molar-refractivity contribution is 0.662. The Morgan fingerprint density at radius 2 is 1.71 bits per heavy atom. The van der Waals surface area contributed by atoms with Crippen molar-refractivity contribution in [3.05, 3.63) is 33.8 Å². The second-order valence-corrected chi connectivity index (χ2v) is 4.58. The van der Waals surface area contributed by atoms with Crippen LogP contribution in [0.1, 0.15) is 5.56 Å². The molecule has 0 N–H and O–H groups in total. The zero-order valence-corrected chi connectivity index (χ0v) is 10.5. The topological polar surface area (TPSA) is 0 Å². The molecule has 0 aliphatic heterocycles. The fourth-order valence-electron chi connectivity index (χ4n) is 1.16. The van der Waals surface area contributed by atoms with Crippen LogP contribution >= 0.6 is 46.4 Å². The molecular formula is C10H10Cl4. The highest BCUT2D eigenvalue weighted by Gasteiger charge is 2.10. The van der Waals surface area contributed by atoms with Crippen molar-refractivity contribution < 1.29 is 0 Å². The van der Waals surface area contributed by atoms with Gasteiger partial charge in [-0.1, -0.05) is 23.2 Å². The summed E-state index contributed by atoms with van der Waals surface area (Å²) in [5, 5.41) is 1.40. The van der Waals surface area contributed by atoms with Gasteiger partial charge in [-0.3, -0.25) is 0 Å². The number of halogens is 4. The van der Waals surface area contributed by atoms with Crippen LogP contribution in [0.5, 0.6) is 0 Å². The summed E-state index contributed by atoms with van der Waals surface area (Å²) in [5.74, 6) is 1.31. The van der Waals surface area contributed by atoms with Crippen molar-refractivity contribution in [1.29, 1.82) is 0 Å². The maximum atomic E-state index is 6.01. The summed E-state index contributed by atoms with van der Waals surface area (Å²) < 4.78 is 0. The third kappa shape index (κ3) is 3.51. The van der Waals surface area contributed by atoms with Crippen LogP contribution in [0.3, 0.4) is 0 Å². The minimum atomic E-state index is 0.245. The van der Waals surface area contributed by atoms with Crippen molar-refractivity contribution in [2.75, 3.05) is 11.8 Å². The molecule has 1 aromatic rings. The van der Waals surface area contributed by atoms with E-state index in [1.54, 1.807) is 12.1 Å². The fourth-order valence-corrected chi connectivity index (χ4v) is 2.10. The van der Waals surface area contributed by atoms with Crippen LogP contribution in [0.15, 0.2) is 18.2 Å². The Morgan fingerprint density at radius 1 is 1.07 bits per heavy atom. The first-order valence-corrected chi connectivity index (χ1v) is 6.05. The SMILES string of the molecule is ClCC(CCl)Cc1cc(Cl)ccc1Cl. The molecule has 14 heavy (non-hydrogen) atoms. The molecule has 0 spiro atoms. The van der Waals surface area contributed by atoms with E-state index in [1.165, 1.54) is 0 Å². The van der Waals surface area contributed by atoms with Crippen LogP contribution in [0.2, 0.25) is 10.0 Å². The van der Waals surface area contributed by atoms with Gasteiger partial charge in [-0.2, -0.15) is 0 Å². The summed E-state index contributed by atoms with van der Waals surface area (Å²) in [6.45, 7) is 0. The summed E-state index contributed by atoms with van der Waals surface area (Å²) in [5.41, 5.74) is 1.01. The van der Waals surface area contributed by atoms with Gasteiger partial charge in [0.15, 0.2) is 0 Å². The minimum Gasteiger partial charge on any atom is -0.126 e. The minimum absolute atomic E-state index is 0.245. The smallest absolute Gasteiger partial charge is 0.0439 e. The Balaban J connectivity index is 2.79. The van der Waals surface area contributed by atoms with Crippen LogP contribution in [0.25, 0.3) is 0 Å². The van der Waals surface area contributed by atoms with Crippen molar-refractivity contribution in [2.45, 2.75) is 6.42 Å². The van der Waals surface area contributed by atoms with Crippen LogP contribution in [0, 0.1) is 5.92 Å². The van der Waals surface area contributed by atoms with E-state index in [1.807, 2.05) is 6.07 Å². The van der Waals surface area contributed by atoms with Gasteiger partial charge in [-0.25, -0.2) is 0 Å². The van der Waals surface area contributed by atoms with E-state index < -0.39 is 0 Å². The highest BCUT2D eigenvalue weighted by Crippen LogP contribution is 2.24. The molecule has 78 valence electrons. The Labute approximate surface area is 104 Å². The monoisotopic (exact) mass is 270 g/mol. The number of benzene rings is 1. The normalized spacial score (nSPS) is 10.9. The molecule has 0 saturated heterocycles. The molecule has 0 heterocycles. The molecule has 0 radical (unpaired) electrons. The van der Waals surface area contributed by atoms with E-state index in [-0.39, 0.29) is 5.92 Å². The summed E-state index contributed by atoms with van der Waals surface area (Å²) in [4.78, 5) is 0. The van der Waals surface area contributed by atoms with Crippen molar-refractivity contribution in [1.82, 2.24) is 0 Å². The van der Waals surface area contributed by atoms with Gasteiger partial charge in [0.05, 0.1) is 0 Å². The van der Waals surface area contributed by atoms with E-state index in [4.69, 9.17) is 46.4 Å². The average molecular weight is 272 g/mol. The molecule has 0 atom stereocenters. The van der Waals surface area contributed by atoms with Gasteiger partial charge in [0, 0.05) is 21.8 Å². The largest absolute Gasteiger partial charge is 0.126 e. The Bertz CT molecular complexity index is 294. The van der Waals surface area contributed by atoms with E-state index in [2.05, 4.69) is 0 Å². The average Bonchev–Trinajstić information content (AvgIpc) is 2.19. The number of rotatable bonds is 4. The summed E-state index contributed by atoms with van der Waals surface area (Å²) >= 11 is 23.4. The van der Waals surface area contributed by atoms with Crippen molar-refractivity contribution in [3.8, 4) is 0 Å². The van der Waals surface area contributed by atoms with Gasteiger partial charge in [0.1, 0.15) is 0 Å². The lowest BCUT2D eigenvalue weighted by atomic mass is 10.0. The first kappa shape index (κ1) is 12.4. The van der Waals surface area contributed by atoms with Crippen LogP contribution < -0.4 is 0 Å². The van der Waals surface area contributed by atoms with E-state index in [0.29, 0.717) is 16.8 Å². The van der Waals surface area contributed by atoms with Crippen molar-refractivity contribution in [2.24, 2.45) is 5.92 Å². The highest BCUT2D eigenvalue weighted by molar-refractivity contribution is 6.33. The third-order valence-electron chi connectivity index (χ3n) is 1.95. The summed E-state index contributed by atoms with van der Waals surface area (Å²) in [6.07, 6.45) is 0.770. The maximum Gasteiger partial charge on any atom is 0.0439 e. The second kappa shape index (κ2) is 6.07. The molecule has 1 rings (SSSR count). The number of hydrogen-bond donors (Lipinski definition) is 0. The number of alkyl halides is 2. The predicted molar refractivity (Wildman–Crippen MR) is 65.1 cm³/mol. The number of hydrogen-bond acceptors (Lipinski definition) is 0. The Morgan fingerprint density at radius 3 is 2.29 bits per heavy atom. The van der Waals surface area contributed by atoms with Crippen molar-refractivity contribution >= 4 is 46.4 Å². The van der Waals surface area contributed by atoms with E-state index in [9.17, 15) is 0 Å². The highest BCUT2D eigenvalue weighted by atomic mass is 35.5. The standard InChI is InChI=1S/C10H10Cl4/c11-5-7(6-12)3-8-4-9(13)1-2-10(8)14/h1-2,4,7H,3,5-6H2. The second-order valence-electron chi connectivity index (χ2n) is 3.11. The molecule has 0 fully saturated rings. The zero-order valence-electron chi connectivity index (χ0n) is 7.44. The molecule has 0 bridgehead atoms. The molecular weight excluding hydrogens is 262 g/mol. The molecule has 0 aliphatic rings. The quantitative estimate of drug-likeness (QED) is 0.701. The third-order valence-corrected chi connectivity index (χ3v) is 3.43. The fraction of sp³-hybridized carbons (Fsp3) is 0.400. The molecule has 1 aromatic carbocycles. The zero-order chi connectivity index (χ0) is 10.6. The molecule has 0 saturated carbocycles. The van der Waals surface area contributed by atoms with Gasteiger partial charge < -0.3 is 0 Å². The summed E-state index contributed by atoms with van der Waals surface area (Å²) in [6, 6.07) is 5.42. The molecule has 0 nitrogen and oxygen atoms in total. The molecule has 0 aliphatic carbocycles. The first-order chi connectivity index (χ1) is 6.67. The van der Waals surface area contributed by atoms with Crippen LogP contribution in [-0.2, 0) is 6.42 Å². The molecule has 0 aromatic heterocycles. The molecule has 4 heteroatoms. The first-order valence-electron chi connectivity index (χ1n) is 4.23. The lowest BCUT2D eigenvalue weighted by Gasteiger charge is -2.11. The van der Waals surface area contributed by atoms with E-state index >= 15 is 0 Å². The molecule has 0 amide bonds. The van der Waals surface area contributed by atoms with Gasteiger partial charge in [0.25, 0.3) is 0 Å². The predicted octanol–water partition coefficient (Wildman–Crippen LogP) is 4.63. The van der Waals surface area contributed by atoms with Gasteiger partial charge in [-0.15, -0.1) is 23.2 Å². The maximum absolute atomic E-state index is 6.01. The van der Waals surface area contributed by atoms with Gasteiger partial charge in [0.2, 0.25) is 0 Å². The Hall–Kier alpha value is 0.380. The van der Waals surface area contributed by atoms with Crippen LogP contribution in [0.4, 0.5) is 0 Å². The summed E-state index contributed by atoms with van der Waals surface area (Å²) in [7, 11) is 0. The van der Waals surface area contributed by atoms with E-state index in [0.717, 1.165) is 17.0 Å². The lowest BCUT2D eigenvalue weighted by Crippen LogP contribution is -2.08. The van der Waals surface area contributed by atoms with Crippen LogP contribution in [-0.4, -0.2) is 11.8 Å².